The SMILES string of the molecule is CCCCC/C=C\C/C=C\CCCCCCCCCC(=O)O[C@H](COC(=O)CCCCCCC/C=C\C/C=C\CCCCC)COP(=O)(O)OC[C@@H](O)CO. The fourth-order valence-corrected chi connectivity index (χ4v) is 6.37. The van der Waals surface area contributed by atoms with Gasteiger partial charge in [-0.3, -0.25) is 18.6 Å². The van der Waals surface area contributed by atoms with Gasteiger partial charge in [-0.2, -0.15) is 0 Å². The molecule has 0 aliphatic carbocycles. The van der Waals surface area contributed by atoms with E-state index in [2.05, 4.69) is 67.0 Å². The lowest BCUT2D eigenvalue weighted by molar-refractivity contribution is -0.161. The summed E-state index contributed by atoms with van der Waals surface area (Å²) in [6.07, 6.45) is 42.1. The van der Waals surface area contributed by atoms with Crippen LogP contribution in [-0.2, 0) is 32.7 Å². The maximum absolute atomic E-state index is 12.6. The molecule has 3 atom stereocenters. The summed E-state index contributed by atoms with van der Waals surface area (Å²) in [6, 6.07) is 0. The lowest BCUT2D eigenvalue weighted by atomic mass is 10.1. The van der Waals surface area contributed by atoms with Gasteiger partial charge in [-0.25, -0.2) is 4.57 Å². The molecule has 0 bridgehead atoms. The molecule has 0 amide bonds. The molecule has 0 saturated heterocycles. The topological polar surface area (TPSA) is 149 Å². The zero-order valence-electron chi connectivity index (χ0n) is 34.6. The molecule has 0 aromatic carbocycles. The number of phosphoric acid groups is 1. The van der Waals surface area contributed by atoms with Crippen molar-refractivity contribution in [2.75, 3.05) is 26.4 Å². The Morgan fingerprint density at radius 2 is 0.945 bits per heavy atom. The summed E-state index contributed by atoms with van der Waals surface area (Å²) in [5, 5.41) is 18.3. The number of esters is 2. The van der Waals surface area contributed by atoms with Crippen molar-refractivity contribution in [3.8, 4) is 0 Å². The van der Waals surface area contributed by atoms with Crippen LogP contribution in [0.25, 0.3) is 0 Å². The molecular formula is C44H79O10P. The number of allylic oxidation sites excluding steroid dienone is 8. The molecule has 0 aromatic rings. The molecule has 0 fully saturated rings. The van der Waals surface area contributed by atoms with E-state index in [9.17, 15) is 24.2 Å². The van der Waals surface area contributed by atoms with Gasteiger partial charge in [-0.15, -0.1) is 0 Å². The van der Waals surface area contributed by atoms with E-state index in [1.165, 1.54) is 57.8 Å². The van der Waals surface area contributed by atoms with Gasteiger partial charge in [0, 0.05) is 12.8 Å². The average molecular weight is 799 g/mol. The summed E-state index contributed by atoms with van der Waals surface area (Å²) in [6.45, 7) is 2.30. The summed E-state index contributed by atoms with van der Waals surface area (Å²) in [4.78, 5) is 35.0. The first-order valence-corrected chi connectivity index (χ1v) is 23.1. The van der Waals surface area contributed by atoms with Crippen molar-refractivity contribution in [1.29, 1.82) is 0 Å². The predicted octanol–water partition coefficient (Wildman–Crippen LogP) is 11.3. The van der Waals surface area contributed by atoms with Crippen LogP contribution in [0.1, 0.15) is 181 Å². The second-order valence-corrected chi connectivity index (χ2v) is 15.8. The Bertz CT molecular complexity index is 1060. The van der Waals surface area contributed by atoms with E-state index in [4.69, 9.17) is 19.1 Å². The molecule has 11 heteroatoms. The molecule has 1 unspecified atom stereocenters. The number of carbonyl (C=O) groups excluding carboxylic acids is 2. The molecule has 0 saturated carbocycles. The van der Waals surface area contributed by atoms with E-state index in [1.807, 2.05) is 0 Å². The molecule has 0 aliphatic rings. The number of ether oxygens (including phenoxy) is 2. The minimum Gasteiger partial charge on any atom is -0.462 e. The van der Waals surface area contributed by atoms with Gasteiger partial charge in [0.25, 0.3) is 0 Å². The van der Waals surface area contributed by atoms with E-state index in [0.29, 0.717) is 12.8 Å². The van der Waals surface area contributed by atoms with Crippen molar-refractivity contribution in [3.63, 3.8) is 0 Å². The number of hydrogen-bond donors (Lipinski definition) is 3. The minimum atomic E-state index is -4.62. The van der Waals surface area contributed by atoms with Crippen molar-refractivity contribution in [2.45, 2.75) is 193 Å². The minimum absolute atomic E-state index is 0.171. The molecule has 0 heterocycles. The smallest absolute Gasteiger partial charge is 0.462 e. The first-order chi connectivity index (χ1) is 26.7. The summed E-state index contributed by atoms with van der Waals surface area (Å²) < 4.78 is 32.7. The lowest BCUT2D eigenvalue weighted by Crippen LogP contribution is -2.29. The molecular weight excluding hydrogens is 719 g/mol. The largest absolute Gasteiger partial charge is 0.472 e. The number of aliphatic hydroxyl groups is 2. The van der Waals surface area contributed by atoms with Gasteiger partial charge in [-0.1, -0.05) is 140 Å². The molecule has 0 aliphatic heterocycles. The zero-order valence-corrected chi connectivity index (χ0v) is 35.5. The second-order valence-electron chi connectivity index (χ2n) is 14.4. The maximum atomic E-state index is 12.6. The van der Waals surface area contributed by atoms with Crippen molar-refractivity contribution in [3.05, 3.63) is 48.6 Å². The first kappa shape index (κ1) is 52.9. The molecule has 3 N–H and O–H groups in total. The van der Waals surface area contributed by atoms with Crippen LogP contribution in [0.2, 0.25) is 0 Å². The normalized spacial score (nSPS) is 14.3. The van der Waals surface area contributed by atoms with Crippen LogP contribution in [0, 0.1) is 0 Å². The highest BCUT2D eigenvalue weighted by molar-refractivity contribution is 7.47. The van der Waals surface area contributed by atoms with Crippen molar-refractivity contribution >= 4 is 19.8 Å². The quantitative estimate of drug-likeness (QED) is 0.0237. The number of phosphoric ester groups is 1. The molecule has 55 heavy (non-hydrogen) atoms. The van der Waals surface area contributed by atoms with E-state index < -0.39 is 51.8 Å². The third-order valence-electron chi connectivity index (χ3n) is 8.96. The molecule has 0 radical (unpaired) electrons. The second kappa shape index (κ2) is 40.1. The highest BCUT2D eigenvalue weighted by Gasteiger charge is 2.27. The van der Waals surface area contributed by atoms with Crippen LogP contribution in [-0.4, -0.2) is 65.7 Å². The van der Waals surface area contributed by atoms with Crippen LogP contribution < -0.4 is 0 Å². The van der Waals surface area contributed by atoms with Crippen LogP contribution in [0.4, 0.5) is 0 Å². The van der Waals surface area contributed by atoms with Crippen LogP contribution in [0.3, 0.4) is 0 Å². The van der Waals surface area contributed by atoms with Crippen molar-refractivity contribution in [1.82, 2.24) is 0 Å². The maximum Gasteiger partial charge on any atom is 0.472 e. The van der Waals surface area contributed by atoms with Gasteiger partial charge in [0.1, 0.15) is 12.7 Å². The van der Waals surface area contributed by atoms with Gasteiger partial charge in [0.2, 0.25) is 0 Å². The Morgan fingerprint density at radius 3 is 1.40 bits per heavy atom. The van der Waals surface area contributed by atoms with Crippen molar-refractivity contribution in [2.24, 2.45) is 0 Å². The fraction of sp³-hybridized carbons (Fsp3) is 0.773. The predicted molar refractivity (Wildman–Crippen MR) is 224 cm³/mol. The van der Waals surface area contributed by atoms with E-state index in [0.717, 1.165) is 83.5 Å². The standard InChI is InChI=1S/C44H79O10P/c1-3-5-7-9-11-13-15-17-19-20-22-24-26-28-30-32-34-36-44(48)54-42(40-53-55(49,50)52-38-41(46)37-45)39-51-43(47)35-33-31-29-27-25-23-21-18-16-14-12-10-8-6-4-2/h11-14,17-19,21,41-42,45-46H,3-10,15-16,20,22-40H2,1-2H3,(H,49,50)/b13-11-,14-12-,19-17-,21-18-/t41-,42+/m0/s1. The van der Waals surface area contributed by atoms with Gasteiger partial charge < -0.3 is 24.6 Å². The summed E-state index contributed by atoms with van der Waals surface area (Å²) >= 11 is 0. The highest BCUT2D eigenvalue weighted by atomic mass is 31.2. The number of carbonyl (C=O) groups is 2. The fourth-order valence-electron chi connectivity index (χ4n) is 5.58. The summed E-state index contributed by atoms with van der Waals surface area (Å²) in [5.74, 6) is -0.951. The van der Waals surface area contributed by atoms with E-state index >= 15 is 0 Å². The Kier molecular flexibility index (Phi) is 38.6. The van der Waals surface area contributed by atoms with Gasteiger partial charge in [0.15, 0.2) is 6.10 Å². The van der Waals surface area contributed by atoms with Crippen LogP contribution in [0.15, 0.2) is 48.6 Å². The van der Waals surface area contributed by atoms with Crippen molar-refractivity contribution < 1.29 is 47.8 Å². The third-order valence-corrected chi connectivity index (χ3v) is 9.91. The lowest BCUT2D eigenvalue weighted by Gasteiger charge is -2.20. The molecule has 0 aromatic heterocycles. The Morgan fingerprint density at radius 1 is 0.545 bits per heavy atom. The van der Waals surface area contributed by atoms with Crippen LogP contribution in [0.5, 0.6) is 0 Å². The number of unbranched alkanes of at least 4 members (excludes halogenated alkanes) is 18. The van der Waals surface area contributed by atoms with E-state index in [-0.39, 0.29) is 19.4 Å². The molecule has 0 spiro atoms. The number of aliphatic hydroxyl groups excluding tert-OH is 2. The summed E-state index contributed by atoms with van der Waals surface area (Å²) in [5.41, 5.74) is 0. The zero-order chi connectivity index (χ0) is 40.5. The Labute approximate surface area is 334 Å². The average Bonchev–Trinajstić information content (AvgIpc) is 3.17. The highest BCUT2D eigenvalue weighted by Crippen LogP contribution is 2.43. The summed E-state index contributed by atoms with van der Waals surface area (Å²) in [7, 11) is -4.62. The molecule has 10 nitrogen and oxygen atoms in total. The Hall–Kier alpha value is -2.07. The van der Waals surface area contributed by atoms with Crippen LogP contribution >= 0.6 is 7.82 Å². The third kappa shape index (κ3) is 39.9. The Balaban J connectivity index is 4.34. The number of hydrogen-bond acceptors (Lipinski definition) is 9. The van der Waals surface area contributed by atoms with E-state index in [1.54, 1.807) is 0 Å². The van der Waals surface area contributed by atoms with Gasteiger partial charge in [0.05, 0.1) is 19.8 Å². The molecule has 0 rings (SSSR count). The molecule has 320 valence electrons. The monoisotopic (exact) mass is 799 g/mol. The van der Waals surface area contributed by atoms with Gasteiger partial charge in [-0.05, 0) is 77.0 Å². The first-order valence-electron chi connectivity index (χ1n) is 21.6. The number of rotatable bonds is 40. The van der Waals surface area contributed by atoms with Gasteiger partial charge >= 0.3 is 19.8 Å².